The highest BCUT2D eigenvalue weighted by molar-refractivity contribution is 6.04. The van der Waals surface area contributed by atoms with Crippen molar-refractivity contribution in [3.8, 4) is 0 Å². The molecule has 0 radical (unpaired) electrons. The molecule has 1 aromatic rings. The van der Waals surface area contributed by atoms with Crippen molar-refractivity contribution in [2.45, 2.75) is 20.8 Å². The quantitative estimate of drug-likeness (QED) is 0.930. The van der Waals surface area contributed by atoms with Gasteiger partial charge in [-0.2, -0.15) is 0 Å². The molecular formula is C17H24N2O3. The minimum absolute atomic E-state index is 0.0737. The van der Waals surface area contributed by atoms with Crippen LogP contribution >= 0.6 is 0 Å². The van der Waals surface area contributed by atoms with Gasteiger partial charge in [0, 0.05) is 32.7 Å². The molecule has 0 bridgehead atoms. The van der Waals surface area contributed by atoms with E-state index in [1.807, 2.05) is 0 Å². The molecule has 2 rings (SSSR count). The highest BCUT2D eigenvalue weighted by atomic mass is 16.4. The maximum atomic E-state index is 12.6. The lowest BCUT2D eigenvalue weighted by molar-refractivity contribution is 0.0578. The molecule has 0 aromatic heterocycles. The van der Waals surface area contributed by atoms with Gasteiger partial charge in [0.2, 0.25) is 0 Å². The van der Waals surface area contributed by atoms with Crippen molar-refractivity contribution in [1.29, 1.82) is 0 Å². The second kappa shape index (κ2) is 6.48. The number of carbonyl (C=O) groups is 2. The van der Waals surface area contributed by atoms with Crippen molar-refractivity contribution in [3.63, 3.8) is 0 Å². The fourth-order valence-electron chi connectivity index (χ4n) is 2.81. The number of aromatic carboxylic acids is 1. The highest BCUT2D eigenvalue weighted by Crippen LogP contribution is 2.18. The maximum absolute atomic E-state index is 12.6. The summed E-state index contributed by atoms with van der Waals surface area (Å²) in [5.41, 5.74) is 0.589. The molecule has 0 spiro atoms. The molecule has 1 saturated heterocycles. The summed E-state index contributed by atoms with van der Waals surface area (Å²) in [5, 5.41) is 9.20. The van der Waals surface area contributed by atoms with E-state index in [1.54, 1.807) is 23.1 Å². The van der Waals surface area contributed by atoms with Gasteiger partial charge in [-0.25, -0.2) is 4.79 Å². The average molecular weight is 304 g/mol. The molecule has 1 amide bonds. The second-order valence-corrected chi connectivity index (χ2v) is 6.98. The third-order valence-electron chi connectivity index (χ3n) is 3.75. The largest absolute Gasteiger partial charge is 0.478 e. The Kier molecular flexibility index (Phi) is 4.86. The number of amides is 1. The topological polar surface area (TPSA) is 60.9 Å². The van der Waals surface area contributed by atoms with Crippen LogP contribution in [0.15, 0.2) is 24.3 Å². The summed E-state index contributed by atoms with van der Waals surface area (Å²) in [4.78, 5) is 27.9. The Labute approximate surface area is 131 Å². The Balaban J connectivity index is 2.03. The van der Waals surface area contributed by atoms with Crippen molar-refractivity contribution in [2.75, 3.05) is 32.7 Å². The lowest BCUT2D eigenvalue weighted by Gasteiger charge is -2.38. The number of hydrogen-bond donors (Lipinski definition) is 1. The Bertz CT molecular complexity index is 555. The molecule has 1 heterocycles. The van der Waals surface area contributed by atoms with Crippen LogP contribution in [-0.2, 0) is 0 Å². The van der Waals surface area contributed by atoms with E-state index in [0.717, 1.165) is 19.6 Å². The van der Waals surface area contributed by atoms with Crippen molar-refractivity contribution >= 4 is 11.9 Å². The van der Waals surface area contributed by atoms with Crippen LogP contribution in [0.5, 0.6) is 0 Å². The zero-order valence-corrected chi connectivity index (χ0v) is 13.5. The third kappa shape index (κ3) is 4.07. The van der Waals surface area contributed by atoms with Gasteiger partial charge < -0.3 is 10.0 Å². The normalized spacial score (nSPS) is 16.6. The molecule has 1 aliphatic rings. The Morgan fingerprint density at radius 3 is 2.09 bits per heavy atom. The SMILES string of the molecule is CC(C)(C)CN1CCN(C(=O)c2ccccc2C(=O)O)CC1. The summed E-state index contributed by atoms with van der Waals surface area (Å²) < 4.78 is 0. The Morgan fingerprint density at radius 2 is 1.59 bits per heavy atom. The number of carboxylic acid groups (broad SMARTS) is 1. The van der Waals surface area contributed by atoms with Gasteiger partial charge in [-0.05, 0) is 17.5 Å². The van der Waals surface area contributed by atoms with E-state index in [2.05, 4.69) is 25.7 Å². The van der Waals surface area contributed by atoms with E-state index in [-0.39, 0.29) is 22.4 Å². The van der Waals surface area contributed by atoms with Gasteiger partial charge in [0.05, 0.1) is 11.1 Å². The highest BCUT2D eigenvalue weighted by Gasteiger charge is 2.26. The molecule has 1 fully saturated rings. The lowest BCUT2D eigenvalue weighted by Crippen LogP contribution is -2.50. The average Bonchev–Trinajstić information content (AvgIpc) is 2.45. The van der Waals surface area contributed by atoms with E-state index in [9.17, 15) is 14.7 Å². The predicted molar refractivity (Wildman–Crippen MR) is 85.2 cm³/mol. The molecule has 5 nitrogen and oxygen atoms in total. The van der Waals surface area contributed by atoms with Gasteiger partial charge in [-0.15, -0.1) is 0 Å². The number of carboxylic acids is 1. The lowest BCUT2D eigenvalue weighted by atomic mass is 9.95. The van der Waals surface area contributed by atoms with Crippen LogP contribution in [-0.4, -0.2) is 59.5 Å². The molecule has 0 aliphatic carbocycles. The summed E-state index contributed by atoms with van der Waals surface area (Å²) in [5.74, 6) is -1.25. The summed E-state index contributed by atoms with van der Waals surface area (Å²) >= 11 is 0. The van der Waals surface area contributed by atoms with Gasteiger partial charge in [0.25, 0.3) is 5.91 Å². The fourth-order valence-corrected chi connectivity index (χ4v) is 2.81. The second-order valence-electron chi connectivity index (χ2n) is 6.98. The van der Waals surface area contributed by atoms with Crippen molar-refractivity contribution in [1.82, 2.24) is 9.80 Å². The molecule has 22 heavy (non-hydrogen) atoms. The van der Waals surface area contributed by atoms with Gasteiger partial charge in [0.1, 0.15) is 0 Å². The number of hydrogen-bond acceptors (Lipinski definition) is 3. The molecule has 0 atom stereocenters. The first-order valence-corrected chi connectivity index (χ1v) is 7.62. The predicted octanol–water partition coefficient (Wildman–Crippen LogP) is 2.19. The third-order valence-corrected chi connectivity index (χ3v) is 3.75. The van der Waals surface area contributed by atoms with Crippen LogP contribution in [0.2, 0.25) is 0 Å². The van der Waals surface area contributed by atoms with Crippen LogP contribution in [0.25, 0.3) is 0 Å². The van der Waals surface area contributed by atoms with Crippen molar-refractivity contribution in [3.05, 3.63) is 35.4 Å². The molecule has 5 heteroatoms. The Hall–Kier alpha value is -1.88. The summed E-state index contributed by atoms with van der Waals surface area (Å²) in [7, 11) is 0. The molecule has 120 valence electrons. The van der Waals surface area contributed by atoms with Crippen LogP contribution in [0, 0.1) is 5.41 Å². The smallest absolute Gasteiger partial charge is 0.336 e. The van der Waals surface area contributed by atoms with E-state index >= 15 is 0 Å². The summed E-state index contributed by atoms with van der Waals surface area (Å²) in [6.07, 6.45) is 0. The number of benzene rings is 1. The van der Waals surface area contributed by atoms with E-state index < -0.39 is 5.97 Å². The Morgan fingerprint density at radius 1 is 1.05 bits per heavy atom. The van der Waals surface area contributed by atoms with E-state index in [0.29, 0.717) is 13.1 Å². The number of rotatable bonds is 3. The van der Waals surface area contributed by atoms with Gasteiger partial charge in [0.15, 0.2) is 0 Å². The molecule has 1 aliphatic heterocycles. The van der Waals surface area contributed by atoms with Crippen LogP contribution in [0.1, 0.15) is 41.5 Å². The van der Waals surface area contributed by atoms with Crippen molar-refractivity contribution in [2.24, 2.45) is 5.41 Å². The van der Waals surface area contributed by atoms with E-state index in [4.69, 9.17) is 0 Å². The first-order valence-electron chi connectivity index (χ1n) is 7.62. The van der Waals surface area contributed by atoms with Gasteiger partial charge >= 0.3 is 5.97 Å². The zero-order valence-electron chi connectivity index (χ0n) is 13.5. The first kappa shape index (κ1) is 16.5. The van der Waals surface area contributed by atoms with Crippen molar-refractivity contribution < 1.29 is 14.7 Å². The van der Waals surface area contributed by atoms with Crippen LogP contribution < -0.4 is 0 Å². The van der Waals surface area contributed by atoms with Gasteiger partial charge in [-0.1, -0.05) is 32.9 Å². The zero-order chi connectivity index (χ0) is 16.3. The summed E-state index contributed by atoms with van der Waals surface area (Å²) in [6.45, 7) is 10.6. The monoisotopic (exact) mass is 304 g/mol. The minimum Gasteiger partial charge on any atom is -0.478 e. The number of piperazine rings is 1. The maximum Gasteiger partial charge on any atom is 0.336 e. The molecular weight excluding hydrogens is 280 g/mol. The molecule has 1 N–H and O–H groups in total. The summed E-state index contributed by atoms with van der Waals surface area (Å²) in [6, 6.07) is 6.41. The van der Waals surface area contributed by atoms with Gasteiger partial charge in [-0.3, -0.25) is 9.69 Å². The molecule has 1 aromatic carbocycles. The van der Waals surface area contributed by atoms with E-state index in [1.165, 1.54) is 6.07 Å². The number of nitrogens with zero attached hydrogens (tertiary/aromatic N) is 2. The standard InChI is InChI=1S/C17H24N2O3/c1-17(2,3)12-18-8-10-19(11-9-18)15(20)13-6-4-5-7-14(13)16(21)22/h4-7H,8-12H2,1-3H3,(H,21,22). The van der Waals surface area contributed by atoms with Crippen LogP contribution in [0.3, 0.4) is 0 Å². The first-order chi connectivity index (χ1) is 10.3. The van der Waals surface area contributed by atoms with Crippen LogP contribution in [0.4, 0.5) is 0 Å². The number of carbonyl (C=O) groups excluding carboxylic acids is 1. The molecule has 0 saturated carbocycles. The molecule has 0 unspecified atom stereocenters. The fraction of sp³-hybridized carbons (Fsp3) is 0.529. The minimum atomic E-state index is -1.06.